The molecule has 33 heavy (non-hydrogen) atoms. The zero-order valence-corrected chi connectivity index (χ0v) is 18.2. The molecule has 0 aliphatic carbocycles. The number of aromatic nitrogens is 3. The van der Waals surface area contributed by atoms with Gasteiger partial charge in [0.15, 0.2) is 0 Å². The van der Waals surface area contributed by atoms with E-state index in [0.717, 1.165) is 11.5 Å². The zero-order chi connectivity index (χ0) is 22.6. The van der Waals surface area contributed by atoms with Gasteiger partial charge in [0.2, 0.25) is 11.8 Å². The third-order valence-corrected chi connectivity index (χ3v) is 6.03. The fraction of sp³-hybridized carbons (Fsp3) is 0.292. The van der Waals surface area contributed by atoms with Crippen molar-refractivity contribution in [3.63, 3.8) is 0 Å². The third kappa shape index (κ3) is 4.62. The van der Waals surface area contributed by atoms with Crippen LogP contribution in [0.15, 0.2) is 67.1 Å². The van der Waals surface area contributed by atoms with Crippen LogP contribution in [0, 0.1) is 5.92 Å². The second-order valence-electron chi connectivity index (χ2n) is 8.15. The molecule has 4 heterocycles. The van der Waals surface area contributed by atoms with Crippen molar-refractivity contribution < 1.29 is 9.59 Å². The van der Waals surface area contributed by atoms with Gasteiger partial charge in [-0.15, -0.1) is 0 Å². The van der Waals surface area contributed by atoms with Gasteiger partial charge in [0.1, 0.15) is 23.8 Å². The summed E-state index contributed by atoms with van der Waals surface area (Å²) in [7, 11) is 0. The Balaban J connectivity index is 1.18. The molecular weight excluding hydrogens is 418 g/mol. The molecule has 2 aromatic heterocycles. The first kappa shape index (κ1) is 20.9. The van der Waals surface area contributed by atoms with Gasteiger partial charge in [-0.05, 0) is 24.3 Å². The van der Waals surface area contributed by atoms with Gasteiger partial charge in [0.25, 0.3) is 0 Å². The van der Waals surface area contributed by atoms with Crippen LogP contribution in [0.1, 0.15) is 6.42 Å². The second-order valence-corrected chi connectivity index (χ2v) is 8.15. The predicted octanol–water partition coefficient (Wildman–Crippen LogP) is 2.32. The summed E-state index contributed by atoms with van der Waals surface area (Å²) in [6.07, 6.45) is 3.51. The number of para-hydroxylation sites is 1. The number of amides is 2. The van der Waals surface area contributed by atoms with E-state index in [4.69, 9.17) is 0 Å². The molecule has 3 aromatic rings. The number of piperazine rings is 1. The van der Waals surface area contributed by atoms with Crippen LogP contribution in [-0.2, 0) is 9.59 Å². The van der Waals surface area contributed by atoms with E-state index in [1.807, 2.05) is 59.5 Å². The Hall–Kier alpha value is -4.01. The molecule has 0 saturated carbocycles. The summed E-state index contributed by atoms with van der Waals surface area (Å²) in [5.74, 6) is 1.96. The van der Waals surface area contributed by atoms with Gasteiger partial charge in [0, 0.05) is 57.1 Å². The van der Waals surface area contributed by atoms with E-state index in [1.54, 1.807) is 11.1 Å². The van der Waals surface area contributed by atoms with E-state index in [0.29, 0.717) is 44.4 Å². The molecule has 5 rings (SSSR count). The monoisotopic (exact) mass is 443 g/mol. The van der Waals surface area contributed by atoms with Crippen LogP contribution >= 0.6 is 0 Å². The first-order chi connectivity index (χ1) is 16.2. The number of carbonyl (C=O) groups excluding carboxylic acids is 2. The van der Waals surface area contributed by atoms with Crippen molar-refractivity contribution in [1.82, 2.24) is 19.9 Å². The van der Waals surface area contributed by atoms with Crippen LogP contribution in [-0.4, -0.2) is 64.4 Å². The van der Waals surface area contributed by atoms with Crippen LogP contribution in [0.25, 0.3) is 0 Å². The molecule has 2 fully saturated rings. The minimum atomic E-state index is -0.294. The van der Waals surface area contributed by atoms with Gasteiger partial charge >= 0.3 is 0 Å². The van der Waals surface area contributed by atoms with Gasteiger partial charge in [0.05, 0.1) is 5.92 Å². The molecule has 0 bridgehead atoms. The van der Waals surface area contributed by atoms with Crippen molar-refractivity contribution in [1.29, 1.82) is 0 Å². The van der Waals surface area contributed by atoms with Crippen LogP contribution in [0.4, 0.5) is 23.1 Å². The summed E-state index contributed by atoms with van der Waals surface area (Å²) in [6, 6.07) is 17.1. The highest BCUT2D eigenvalue weighted by molar-refractivity contribution is 6.00. The highest BCUT2D eigenvalue weighted by atomic mass is 16.2. The molecule has 0 radical (unpaired) electrons. The second kappa shape index (κ2) is 9.23. The van der Waals surface area contributed by atoms with Crippen LogP contribution in [0.2, 0.25) is 0 Å². The van der Waals surface area contributed by atoms with Crippen LogP contribution in [0.5, 0.6) is 0 Å². The first-order valence-corrected chi connectivity index (χ1v) is 11.1. The fourth-order valence-corrected chi connectivity index (χ4v) is 4.30. The Kier molecular flexibility index (Phi) is 5.84. The molecule has 9 nitrogen and oxygen atoms in total. The molecule has 2 aliphatic heterocycles. The molecule has 0 spiro atoms. The lowest BCUT2D eigenvalue weighted by Crippen LogP contribution is -2.51. The summed E-state index contributed by atoms with van der Waals surface area (Å²) < 4.78 is 0. The lowest BCUT2D eigenvalue weighted by molar-refractivity contribution is -0.136. The number of pyridine rings is 1. The molecule has 1 aromatic carbocycles. The lowest BCUT2D eigenvalue weighted by atomic mass is 10.1. The SMILES string of the molecule is O=C(C1CC(=O)N(c2ccccc2)C1)N1CCN(c2cc(Nc3ccccn3)ncn2)CC1. The van der Waals surface area contributed by atoms with Crippen molar-refractivity contribution in [2.24, 2.45) is 5.92 Å². The van der Waals surface area contributed by atoms with Crippen molar-refractivity contribution >= 4 is 35.0 Å². The molecule has 1 N–H and O–H groups in total. The maximum atomic E-state index is 13.1. The number of hydrogen-bond acceptors (Lipinski definition) is 7. The Bertz CT molecular complexity index is 1120. The Morgan fingerprint density at radius 2 is 1.70 bits per heavy atom. The molecular formula is C24H25N7O2. The highest BCUT2D eigenvalue weighted by Gasteiger charge is 2.38. The topological polar surface area (TPSA) is 94.6 Å². The molecule has 168 valence electrons. The summed E-state index contributed by atoms with van der Waals surface area (Å²) in [4.78, 5) is 44.3. The average molecular weight is 444 g/mol. The molecule has 1 unspecified atom stereocenters. The Morgan fingerprint density at radius 3 is 2.45 bits per heavy atom. The number of hydrogen-bond donors (Lipinski definition) is 1. The number of anilines is 4. The normalized spacial score (nSPS) is 18.5. The summed E-state index contributed by atoms with van der Waals surface area (Å²) in [6.45, 7) is 2.99. The predicted molar refractivity (Wildman–Crippen MR) is 125 cm³/mol. The first-order valence-electron chi connectivity index (χ1n) is 11.1. The highest BCUT2D eigenvalue weighted by Crippen LogP contribution is 2.27. The minimum Gasteiger partial charge on any atom is -0.353 e. The lowest BCUT2D eigenvalue weighted by Gasteiger charge is -2.36. The zero-order valence-electron chi connectivity index (χ0n) is 18.2. The van der Waals surface area contributed by atoms with Gasteiger partial charge in [-0.25, -0.2) is 15.0 Å². The van der Waals surface area contributed by atoms with Crippen LogP contribution < -0.4 is 15.1 Å². The average Bonchev–Trinajstić information content (AvgIpc) is 3.26. The van der Waals surface area contributed by atoms with Gasteiger partial charge in [-0.2, -0.15) is 0 Å². The van der Waals surface area contributed by atoms with Gasteiger partial charge < -0.3 is 20.0 Å². The van der Waals surface area contributed by atoms with Gasteiger partial charge in [-0.1, -0.05) is 24.3 Å². The molecule has 9 heteroatoms. The maximum absolute atomic E-state index is 13.1. The van der Waals surface area contributed by atoms with E-state index >= 15 is 0 Å². The fourth-order valence-electron chi connectivity index (χ4n) is 4.30. The minimum absolute atomic E-state index is 0.00658. The van der Waals surface area contributed by atoms with E-state index in [9.17, 15) is 9.59 Å². The maximum Gasteiger partial charge on any atom is 0.228 e. The number of benzene rings is 1. The molecule has 2 saturated heterocycles. The van der Waals surface area contributed by atoms with Crippen molar-refractivity contribution in [3.8, 4) is 0 Å². The van der Waals surface area contributed by atoms with Crippen LogP contribution in [0.3, 0.4) is 0 Å². The van der Waals surface area contributed by atoms with Crippen molar-refractivity contribution in [2.75, 3.05) is 47.8 Å². The van der Waals surface area contributed by atoms with E-state index in [-0.39, 0.29) is 24.2 Å². The van der Waals surface area contributed by atoms with Crippen molar-refractivity contribution in [2.45, 2.75) is 6.42 Å². The standard InChI is InChI=1S/C24H25N7O2/c32-23-14-18(16-31(23)19-6-2-1-3-7-19)24(33)30-12-10-29(11-13-30)22-15-21(26-17-27-22)28-20-8-4-5-9-25-20/h1-9,15,17-18H,10-14,16H2,(H,25,26,27,28). The molecule has 1 atom stereocenters. The summed E-state index contributed by atoms with van der Waals surface area (Å²) in [5, 5.41) is 3.18. The summed E-state index contributed by atoms with van der Waals surface area (Å²) >= 11 is 0. The number of nitrogens with one attached hydrogen (secondary N) is 1. The van der Waals surface area contributed by atoms with E-state index < -0.39 is 0 Å². The van der Waals surface area contributed by atoms with Gasteiger partial charge in [-0.3, -0.25) is 9.59 Å². The molecule has 2 aliphatic rings. The Labute approximate surface area is 192 Å². The van der Waals surface area contributed by atoms with E-state index in [2.05, 4.69) is 25.2 Å². The quantitative estimate of drug-likeness (QED) is 0.647. The number of carbonyl (C=O) groups is 2. The third-order valence-electron chi connectivity index (χ3n) is 6.03. The number of nitrogens with zero attached hydrogens (tertiary/aromatic N) is 6. The largest absolute Gasteiger partial charge is 0.353 e. The smallest absolute Gasteiger partial charge is 0.228 e. The van der Waals surface area contributed by atoms with Crippen molar-refractivity contribution in [3.05, 3.63) is 67.1 Å². The molecule has 2 amide bonds. The Morgan fingerprint density at radius 1 is 0.909 bits per heavy atom. The number of rotatable bonds is 5. The van der Waals surface area contributed by atoms with E-state index in [1.165, 1.54) is 6.33 Å². The summed E-state index contributed by atoms with van der Waals surface area (Å²) in [5.41, 5.74) is 0.849.